The Balaban J connectivity index is 1.70. The lowest BCUT2D eigenvalue weighted by atomic mass is 10.1. The number of piperidine rings is 1. The highest BCUT2D eigenvalue weighted by Gasteiger charge is 2.22. The van der Waals surface area contributed by atoms with Crippen LogP contribution in [0.2, 0.25) is 0 Å². The van der Waals surface area contributed by atoms with Gasteiger partial charge in [0.2, 0.25) is 5.95 Å². The maximum atomic E-state index is 5.34. The van der Waals surface area contributed by atoms with Crippen LogP contribution in [0.5, 0.6) is 11.5 Å². The number of nitrogens with zero attached hydrogens (tertiary/aromatic N) is 3. The van der Waals surface area contributed by atoms with Crippen molar-refractivity contribution in [3.05, 3.63) is 36.2 Å². The number of nitrogens with one attached hydrogen (secondary N) is 1. The van der Waals surface area contributed by atoms with Crippen LogP contribution in [0.4, 0.5) is 11.6 Å². The number of hydrogen-bond donors (Lipinski definition) is 1. The minimum atomic E-state index is 0.334. The molecule has 1 aromatic carbocycles. The Labute approximate surface area is 142 Å². The van der Waals surface area contributed by atoms with Gasteiger partial charge in [0, 0.05) is 55.4 Å². The zero-order valence-corrected chi connectivity index (χ0v) is 14.5. The zero-order valence-electron chi connectivity index (χ0n) is 14.5. The van der Waals surface area contributed by atoms with Crippen LogP contribution in [0.15, 0.2) is 30.6 Å². The van der Waals surface area contributed by atoms with Crippen LogP contribution < -0.4 is 19.7 Å². The third-order valence-electron chi connectivity index (χ3n) is 4.19. The molecule has 2 aromatic rings. The number of ether oxygens (including phenoxy) is 2. The lowest BCUT2D eigenvalue weighted by Crippen LogP contribution is -2.42. The molecular formula is C18H24N4O2. The van der Waals surface area contributed by atoms with Crippen molar-refractivity contribution in [3.8, 4) is 11.5 Å². The van der Waals surface area contributed by atoms with E-state index in [1.54, 1.807) is 14.2 Å². The summed E-state index contributed by atoms with van der Waals surface area (Å²) >= 11 is 0. The second-order valence-corrected chi connectivity index (χ2v) is 6.09. The van der Waals surface area contributed by atoms with E-state index in [2.05, 4.69) is 20.2 Å². The van der Waals surface area contributed by atoms with Crippen molar-refractivity contribution in [1.82, 2.24) is 9.97 Å². The third-order valence-corrected chi connectivity index (χ3v) is 4.19. The SMILES string of the molecule is COc1cc(NC2CCCN(c3ncc(C)cn3)C2)cc(OC)c1. The molecule has 1 aliphatic heterocycles. The average Bonchev–Trinajstić information content (AvgIpc) is 2.62. The summed E-state index contributed by atoms with van der Waals surface area (Å²) in [7, 11) is 3.32. The van der Waals surface area contributed by atoms with Crippen molar-refractivity contribution in [2.24, 2.45) is 0 Å². The van der Waals surface area contributed by atoms with Gasteiger partial charge in [0.25, 0.3) is 0 Å². The minimum Gasteiger partial charge on any atom is -0.497 e. The van der Waals surface area contributed by atoms with Crippen LogP contribution in [0.25, 0.3) is 0 Å². The number of benzene rings is 1. The van der Waals surface area contributed by atoms with Crippen LogP contribution in [-0.4, -0.2) is 43.3 Å². The number of aromatic nitrogens is 2. The van der Waals surface area contributed by atoms with Crippen LogP contribution >= 0.6 is 0 Å². The Morgan fingerprint density at radius 2 is 1.75 bits per heavy atom. The first kappa shape index (κ1) is 16.4. The van der Waals surface area contributed by atoms with Gasteiger partial charge in [0.1, 0.15) is 11.5 Å². The Kier molecular flexibility index (Phi) is 5.03. The summed E-state index contributed by atoms with van der Waals surface area (Å²) in [5, 5.41) is 3.58. The molecule has 1 saturated heterocycles. The second-order valence-electron chi connectivity index (χ2n) is 6.09. The van der Waals surface area contributed by atoms with Crippen LogP contribution in [0.1, 0.15) is 18.4 Å². The molecule has 24 heavy (non-hydrogen) atoms. The highest BCUT2D eigenvalue weighted by Crippen LogP contribution is 2.27. The van der Waals surface area contributed by atoms with Gasteiger partial charge in [-0.15, -0.1) is 0 Å². The molecule has 1 atom stereocenters. The molecule has 1 unspecified atom stereocenters. The fourth-order valence-electron chi connectivity index (χ4n) is 2.95. The smallest absolute Gasteiger partial charge is 0.225 e. The van der Waals surface area contributed by atoms with E-state index in [1.165, 1.54) is 0 Å². The summed E-state index contributed by atoms with van der Waals surface area (Å²) in [4.78, 5) is 11.1. The van der Waals surface area contributed by atoms with Crippen LogP contribution in [-0.2, 0) is 0 Å². The molecule has 6 nitrogen and oxygen atoms in total. The lowest BCUT2D eigenvalue weighted by Gasteiger charge is -2.33. The van der Waals surface area contributed by atoms with Crippen molar-refractivity contribution < 1.29 is 9.47 Å². The number of hydrogen-bond acceptors (Lipinski definition) is 6. The molecular weight excluding hydrogens is 304 g/mol. The van der Waals surface area contributed by atoms with E-state index in [9.17, 15) is 0 Å². The monoisotopic (exact) mass is 328 g/mol. The zero-order chi connectivity index (χ0) is 16.9. The van der Waals surface area contributed by atoms with Crippen molar-refractivity contribution in [1.29, 1.82) is 0 Å². The molecule has 0 saturated carbocycles. The molecule has 1 aliphatic rings. The largest absolute Gasteiger partial charge is 0.497 e. The Bertz CT molecular complexity index is 653. The molecule has 3 rings (SSSR count). The predicted molar refractivity (Wildman–Crippen MR) is 95.2 cm³/mol. The van der Waals surface area contributed by atoms with Crippen LogP contribution in [0, 0.1) is 6.92 Å². The molecule has 0 aliphatic carbocycles. The molecule has 1 fully saturated rings. The molecule has 0 spiro atoms. The minimum absolute atomic E-state index is 0.334. The maximum absolute atomic E-state index is 5.34. The van der Waals surface area contributed by atoms with Gasteiger partial charge in [-0.3, -0.25) is 0 Å². The van der Waals surface area contributed by atoms with E-state index in [-0.39, 0.29) is 0 Å². The lowest BCUT2D eigenvalue weighted by molar-refractivity contribution is 0.394. The molecule has 0 bridgehead atoms. The van der Waals surface area contributed by atoms with Gasteiger partial charge in [0.15, 0.2) is 0 Å². The van der Waals surface area contributed by atoms with Gasteiger partial charge in [-0.05, 0) is 25.3 Å². The summed E-state index contributed by atoms with van der Waals surface area (Å²) in [6.07, 6.45) is 5.95. The first-order valence-electron chi connectivity index (χ1n) is 8.21. The Morgan fingerprint density at radius 1 is 1.08 bits per heavy atom. The van der Waals surface area contributed by atoms with Gasteiger partial charge in [-0.2, -0.15) is 0 Å². The van der Waals surface area contributed by atoms with Crippen molar-refractivity contribution >= 4 is 11.6 Å². The summed E-state index contributed by atoms with van der Waals surface area (Å²) in [6.45, 7) is 3.87. The highest BCUT2D eigenvalue weighted by molar-refractivity contribution is 5.54. The number of methoxy groups -OCH3 is 2. The quantitative estimate of drug-likeness (QED) is 0.911. The van der Waals surface area contributed by atoms with Crippen LogP contribution in [0.3, 0.4) is 0 Å². The van der Waals surface area contributed by atoms with Gasteiger partial charge in [-0.25, -0.2) is 9.97 Å². The predicted octanol–water partition coefficient (Wildman–Crippen LogP) is 2.88. The fourth-order valence-corrected chi connectivity index (χ4v) is 2.95. The molecule has 1 N–H and O–H groups in total. The topological polar surface area (TPSA) is 59.5 Å². The molecule has 128 valence electrons. The summed E-state index contributed by atoms with van der Waals surface area (Å²) in [5.41, 5.74) is 2.08. The highest BCUT2D eigenvalue weighted by atomic mass is 16.5. The number of anilines is 2. The van der Waals surface area contributed by atoms with E-state index >= 15 is 0 Å². The first-order valence-corrected chi connectivity index (χ1v) is 8.21. The summed E-state index contributed by atoms with van der Waals surface area (Å²) < 4.78 is 10.7. The molecule has 0 radical (unpaired) electrons. The van der Waals surface area contributed by atoms with E-state index in [1.807, 2.05) is 37.5 Å². The van der Waals surface area contributed by atoms with Crippen molar-refractivity contribution in [2.75, 3.05) is 37.5 Å². The molecule has 6 heteroatoms. The first-order chi connectivity index (χ1) is 11.7. The normalized spacial score (nSPS) is 17.5. The molecule has 1 aromatic heterocycles. The average molecular weight is 328 g/mol. The third kappa shape index (κ3) is 3.88. The number of rotatable bonds is 5. The van der Waals surface area contributed by atoms with Crippen molar-refractivity contribution in [2.45, 2.75) is 25.8 Å². The van der Waals surface area contributed by atoms with Crippen molar-refractivity contribution in [3.63, 3.8) is 0 Å². The van der Waals surface area contributed by atoms with Gasteiger partial charge >= 0.3 is 0 Å². The Morgan fingerprint density at radius 3 is 2.38 bits per heavy atom. The van der Waals surface area contributed by atoms with Gasteiger partial charge in [-0.1, -0.05) is 0 Å². The fraction of sp³-hybridized carbons (Fsp3) is 0.444. The Hall–Kier alpha value is -2.50. The van der Waals surface area contributed by atoms with E-state index < -0.39 is 0 Å². The summed E-state index contributed by atoms with van der Waals surface area (Å²) in [6, 6.07) is 6.19. The molecule has 2 heterocycles. The summed E-state index contributed by atoms with van der Waals surface area (Å²) in [5.74, 6) is 2.37. The van der Waals surface area contributed by atoms with E-state index in [0.29, 0.717) is 6.04 Å². The second kappa shape index (κ2) is 7.38. The molecule has 0 amide bonds. The van der Waals surface area contributed by atoms with E-state index in [0.717, 1.165) is 54.6 Å². The standard InChI is InChI=1S/C18H24N4O2/c1-13-10-19-18(20-11-13)22-6-4-5-14(12-22)21-15-7-16(23-2)9-17(8-15)24-3/h7-11,14,21H,4-6,12H2,1-3H3. The van der Waals surface area contributed by atoms with Gasteiger partial charge in [0.05, 0.1) is 14.2 Å². The van der Waals surface area contributed by atoms with Gasteiger partial charge < -0.3 is 19.7 Å². The number of aryl methyl sites for hydroxylation is 1. The van der Waals surface area contributed by atoms with E-state index in [4.69, 9.17) is 9.47 Å². The maximum Gasteiger partial charge on any atom is 0.225 e.